The van der Waals surface area contributed by atoms with Crippen LogP contribution in [0.2, 0.25) is 0 Å². The van der Waals surface area contributed by atoms with Gasteiger partial charge in [-0.3, -0.25) is 0 Å². The molecule has 1 aromatic rings. The van der Waals surface area contributed by atoms with Gasteiger partial charge in [0.1, 0.15) is 0 Å². The minimum atomic E-state index is -0.845. The Balaban J connectivity index is 1.43. The highest BCUT2D eigenvalue weighted by Crippen LogP contribution is 2.42. The highest BCUT2D eigenvalue weighted by Gasteiger charge is 2.30. The van der Waals surface area contributed by atoms with Crippen LogP contribution in [0.3, 0.4) is 0 Å². The van der Waals surface area contributed by atoms with Crippen LogP contribution in [0.15, 0.2) is 23.7 Å². The fourth-order valence-electron chi connectivity index (χ4n) is 5.25. The number of allylic oxidation sites excluding steroid dienone is 1. The van der Waals surface area contributed by atoms with E-state index in [0.717, 1.165) is 18.3 Å². The fourth-order valence-corrected chi connectivity index (χ4v) is 5.46. The fraction of sp³-hybridized carbons (Fsp3) is 0.667. The van der Waals surface area contributed by atoms with Gasteiger partial charge in [-0.05, 0) is 93.6 Å². The summed E-state index contributed by atoms with van der Waals surface area (Å²) in [4.78, 5) is 0. The molecule has 156 valence electrons. The molecule has 28 heavy (non-hydrogen) atoms. The van der Waals surface area contributed by atoms with Gasteiger partial charge in [0.05, 0.1) is 6.61 Å². The molecule has 0 saturated heterocycles. The normalized spacial score (nSPS) is 28.6. The van der Waals surface area contributed by atoms with Gasteiger partial charge in [0.15, 0.2) is 11.6 Å². The average Bonchev–Trinajstić information content (AvgIpc) is 2.72. The van der Waals surface area contributed by atoms with Gasteiger partial charge in [-0.15, -0.1) is 0 Å². The van der Waals surface area contributed by atoms with Gasteiger partial charge >= 0.3 is 0 Å². The average molecular weight is 411 g/mol. The Hall–Kier alpha value is -1.09. The second-order valence-corrected chi connectivity index (χ2v) is 8.85. The molecule has 0 aromatic heterocycles. The summed E-state index contributed by atoms with van der Waals surface area (Å²) in [5.74, 6) is 1.48. The lowest BCUT2D eigenvalue weighted by Gasteiger charge is -2.37. The molecule has 2 fully saturated rings. The standard InChI is InChI=1S/C24H33ClF2O/c1-2-28-22-14-13-21(23(26)24(22)27)12-7-17-3-8-19(9-4-17)20-10-5-18(6-11-20)15-16-25/h13-20H,2-12H2,1H3/b16-15+. The SMILES string of the molecule is CCOc1ccc(CCC2CCC(C3CCC(/C=C/Cl)CC3)CC2)c(F)c1F. The van der Waals surface area contributed by atoms with Crippen molar-refractivity contribution in [3.63, 3.8) is 0 Å². The lowest BCUT2D eigenvalue weighted by Crippen LogP contribution is -2.25. The number of hydrogen-bond donors (Lipinski definition) is 0. The Morgan fingerprint density at radius 1 is 0.964 bits per heavy atom. The van der Waals surface area contributed by atoms with E-state index in [4.69, 9.17) is 16.3 Å². The zero-order valence-corrected chi connectivity index (χ0v) is 17.7. The first-order chi connectivity index (χ1) is 13.6. The molecule has 0 bridgehead atoms. The van der Waals surface area contributed by atoms with E-state index >= 15 is 0 Å². The molecule has 2 aliphatic rings. The Labute approximate surface area is 173 Å². The molecule has 0 spiro atoms. The van der Waals surface area contributed by atoms with Gasteiger partial charge in [-0.25, -0.2) is 4.39 Å². The minimum absolute atomic E-state index is 0.0144. The molecular weight excluding hydrogens is 378 g/mol. The summed E-state index contributed by atoms with van der Waals surface area (Å²) in [5, 5.41) is 0. The quantitative estimate of drug-likeness (QED) is 0.448. The molecular formula is C24H33ClF2O. The third kappa shape index (κ3) is 5.49. The van der Waals surface area contributed by atoms with Crippen LogP contribution in [-0.4, -0.2) is 6.61 Å². The third-order valence-electron chi connectivity index (χ3n) is 6.97. The minimum Gasteiger partial charge on any atom is -0.491 e. The number of halogens is 3. The molecule has 0 heterocycles. The van der Waals surface area contributed by atoms with Crippen molar-refractivity contribution in [2.24, 2.45) is 23.7 Å². The van der Waals surface area contributed by atoms with Gasteiger partial charge < -0.3 is 4.74 Å². The van der Waals surface area contributed by atoms with Gasteiger partial charge in [0, 0.05) is 5.54 Å². The molecule has 2 saturated carbocycles. The summed E-state index contributed by atoms with van der Waals surface area (Å²) in [5.41, 5.74) is 2.16. The van der Waals surface area contributed by atoms with Crippen LogP contribution in [0.4, 0.5) is 8.78 Å². The molecule has 0 aliphatic heterocycles. The molecule has 1 nitrogen and oxygen atoms in total. The summed E-state index contributed by atoms with van der Waals surface area (Å²) in [6, 6.07) is 3.24. The van der Waals surface area contributed by atoms with Crippen molar-refractivity contribution >= 4 is 11.6 Å². The highest BCUT2D eigenvalue weighted by atomic mass is 35.5. The van der Waals surface area contributed by atoms with E-state index < -0.39 is 11.6 Å². The molecule has 0 radical (unpaired) electrons. The Bertz CT molecular complexity index is 644. The number of rotatable bonds is 7. The molecule has 1 aromatic carbocycles. The maximum atomic E-state index is 14.3. The molecule has 0 N–H and O–H groups in total. The molecule has 3 rings (SSSR count). The van der Waals surface area contributed by atoms with Crippen molar-refractivity contribution < 1.29 is 13.5 Å². The maximum absolute atomic E-state index is 14.3. The Morgan fingerprint density at radius 2 is 1.61 bits per heavy atom. The second kappa shape index (κ2) is 10.6. The molecule has 2 aliphatic carbocycles. The first-order valence-electron chi connectivity index (χ1n) is 11.0. The summed E-state index contributed by atoms with van der Waals surface area (Å²) in [6.45, 7) is 2.11. The van der Waals surface area contributed by atoms with E-state index in [0.29, 0.717) is 30.4 Å². The monoisotopic (exact) mass is 410 g/mol. The van der Waals surface area contributed by atoms with Crippen LogP contribution in [0.5, 0.6) is 5.75 Å². The van der Waals surface area contributed by atoms with Crippen molar-refractivity contribution in [3.05, 3.63) is 40.9 Å². The van der Waals surface area contributed by atoms with Crippen molar-refractivity contribution in [2.45, 2.75) is 71.1 Å². The zero-order chi connectivity index (χ0) is 19.9. The van der Waals surface area contributed by atoms with Gasteiger partial charge in [-0.1, -0.05) is 36.6 Å². The summed E-state index contributed by atoms with van der Waals surface area (Å²) >= 11 is 5.72. The van der Waals surface area contributed by atoms with Crippen molar-refractivity contribution in [1.29, 1.82) is 0 Å². The third-order valence-corrected chi connectivity index (χ3v) is 7.11. The Morgan fingerprint density at radius 3 is 2.21 bits per heavy atom. The molecule has 0 amide bonds. The lowest BCUT2D eigenvalue weighted by molar-refractivity contribution is 0.152. The van der Waals surface area contributed by atoms with Crippen LogP contribution in [-0.2, 0) is 6.42 Å². The highest BCUT2D eigenvalue weighted by molar-refractivity contribution is 6.25. The van der Waals surface area contributed by atoms with Crippen molar-refractivity contribution in [1.82, 2.24) is 0 Å². The lowest BCUT2D eigenvalue weighted by atomic mass is 9.68. The smallest absolute Gasteiger partial charge is 0.200 e. The topological polar surface area (TPSA) is 9.23 Å². The summed E-state index contributed by atoms with van der Waals surface area (Å²) < 4.78 is 33.4. The van der Waals surface area contributed by atoms with Gasteiger partial charge in [-0.2, -0.15) is 4.39 Å². The van der Waals surface area contributed by atoms with Crippen molar-refractivity contribution in [2.75, 3.05) is 6.61 Å². The Kier molecular flexibility index (Phi) is 8.20. The van der Waals surface area contributed by atoms with E-state index in [9.17, 15) is 8.78 Å². The van der Waals surface area contributed by atoms with Gasteiger partial charge in [0.2, 0.25) is 5.82 Å². The van der Waals surface area contributed by atoms with E-state index in [2.05, 4.69) is 6.08 Å². The van der Waals surface area contributed by atoms with Crippen LogP contribution in [0.1, 0.15) is 70.3 Å². The second-order valence-electron chi connectivity index (χ2n) is 8.60. The van der Waals surface area contributed by atoms with E-state index in [-0.39, 0.29) is 5.75 Å². The van der Waals surface area contributed by atoms with Crippen LogP contribution < -0.4 is 4.74 Å². The number of hydrogen-bond acceptors (Lipinski definition) is 1. The largest absolute Gasteiger partial charge is 0.491 e. The number of benzene rings is 1. The van der Waals surface area contributed by atoms with Crippen molar-refractivity contribution in [3.8, 4) is 5.75 Å². The first-order valence-corrected chi connectivity index (χ1v) is 11.4. The molecule has 0 atom stereocenters. The van der Waals surface area contributed by atoms with E-state index in [1.54, 1.807) is 24.6 Å². The molecule has 0 unspecified atom stereocenters. The van der Waals surface area contributed by atoms with Crippen LogP contribution >= 0.6 is 11.6 Å². The predicted molar refractivity (Wildman–Crippen MR) is 112 cm³/mol. The van der Waals surface area contributed by atoms with Gasteiger partial charge in [0.25, 0.3) is 0 Å². The first kappa shape index (κ1) is 21.6. The number of aryl methyl sites for hydroxylation is 1. The van der Waals surface area contributed by atoms with E-state index in [1.165, 1.54) is 51.4 Å². The zero-order valence-electron chi connectivity index (χ0n) is 16.9. The van der Waals surface area contributed by atoms with E-state index in [1.807, 2.05) is 0 Å². The number of ether oxygens (including phenoxy) is 1. The summed E-state index contributed by atoms with van der Waals surface area (Å²) in [7, 11) is 0. The molecule has 4 heteroatoms. The van der Waals surface area contributed by atoms with Crippen LogP contribution in [0.25, 0.3) is 0 Å². The maximum Gasteiger partial charge on any atom is 0.200 e. The predicted octanol–water partition coefficient (Wildman–Crippen LogP) is 7.66. The van der Waals surface area contributed by atoms with Crippen LogP contribution in [0, 0.1) is 35.3 Å². The summed E-state index contributed by atoms with van der Waals surface area (Å²) in [6.07, 6.45) is 14.0.